The number of hydrogen-bond donors (Lipinski definition) is 6. The zero-order valence-corrected chi connectivity index (χ0v) is 25.3. The lowest BCUT2D eigenvalue weighted by Gasteiger charge is -2.49. The van der Waals surface area contributed by atoms with E-state index in [0.717, 1.165) is 29.1 Å². The molecule has 43 heavy (non-hydrogen) atoms. The van der Waals surface area contributed by atoms with Gasteiger partial charge in [-0.3, -0.25) is 14.5 Å². The van der Waals surface area contributed by atoms with Gasteiger partial charge >= 0.3 is 17.1 Å². The number of carboxylic acid groups (broad SMARTS) is 2. The first-order chi connectivity index (χ1) is 20.3. The van der Waals surface area contributed by atoms with Crippen LogP contribution in [0, 0.1) is 0 Å². The van der Waals surface area contributed by atoms with Gasteiger partial charge in [0.15, 0.2) is 10.8 Å². The van der Waals surface area contributed by atoms with E-state index in [1.165, 1.54) is 43.6 Å². The minimum atomic E-state index is -1.76. The molecule has 0 bridgehead atoms. The summed E-state index contributed by atoms with van der Waals surface area (Å²) >= 11 is 3.49. The number of anilines is 3. The van der Waals surface area contributed by atoms with E-state index >= 15 is 0 Å². The van der Waals surface area contributed by atoms with E-state index in [9.17, 15) is 29.4 Å². The number of carbonyl (C=O) groups is 4. The molecule has 1 aliphatic carbocycles. The number of nitrogens with zero attached hydrogens (tertiary/aromatic N) is 5. The molecule has 2 unspecified atom stereocenters. The molecule has 2 amide bonds. The Hall–Kier alpha value is -4.10. The molecule has 2 aliphatic heterocycles. The van der Waals surface area contributed by atoms with Crippen molar-refractivity contribution in [1.82, 2.24) is 20.2 Å². The second-order valence-electron chi connectivity index (χ2n) is 10.3. The number of carboxylic acids is 2. The minimum Gasteiger partial charge on any atom is -0.478 e. The summed E-state index contributed by atoms with van der Waals surface area (Å²) in [5.74, 6) is -2.84. The van der Waals surface area contributed by atoms with Gasteiger partial charge in [-0.2, -0.15) is 0 Å². The second kappa shape index (κ2) is 11.5. The molecule has 5 rings (SSSR count). The molecule has 3 aliphatic rings. The van der Waals surface area contributed by atoms with E-state index in [-0.39, 0.29) is 44.8 Å². The Morgan fingerprint density at radius 2 is 2.00 bits per heavy atom. The maximum absolute atomic E-state index is 13.3. The SMILES string of the molecule is CC(C)(O/N=C(\C(=O)NC1C(=O)N2C(C(=O)O)=C(CSc3nc(N)cc(N)[n+]3C3CC3)CSC12)c1cnc(N)s1)C(=O)O. The first-order valence-electron chi connectivity index (χ1n) is 12.8. The largest absolute Gasteiger partial charge is 0.478 e. The van der Waals surface area contributed by atoms with E-state index in [1.807, 2.05) is 4.57 Å². The second-order valence-corrected chi connectivity index (χ2v) is 13.4. The van der Waals surface area contributed by atoms with Crippen molar-refractivity contribution in [3.63, 3.8) is 0 Å². The number of nitrogens with two attached hydrogens (primary N) is 3. The number of carbonyl (C=O) groups excluding carboxylic acids is 2. The first kappa shape index (κ1) is 30.4. The fraction of sp³-hybridized carbons (Fsp3) is 0.417. The van der Waals surface area contributed by atoms with Gasteiger partial charge in [0.2, 0.25) is 17.2 Å². The van der Waals surface area contributed by atoms with Crippen LogP contribution in [0.5, 0.6) is 0 Å². The molecule has 228 valence electrons. The molecule has 2 fully saturated rings. The minimum absolute atomic E-state index is 0.127. The van der Waals surface area contributed by atoms with Gasteiger partial charge in [0.25, 0.3) is 11.8 Å². The zero-order valence-electron chi connectivity index (χ0n) is 22.8. The molecule has 16 nitrogen and oxygen atoms in total. The Kier molecular flexibility index (Phi) is 8.14. The van der Waals surface area contributed by atoms with Gasteiger partial charge in [-0.15, -0.1) is 11.8 Å². The van der Waals surface area contributed by atoms with Crippen molar-refractivity contribution in [3.05, 3.63) is 28.4 Å². The molecule has 0 spiro atoms. The summed E-state index contributed by atoms with van der Waals surface area (Å²) in [4.78, 5) is 65.1. The Bertz CT molecular complexity index is 1590. The van der Waals surface area contributed by atoms with Crippen LogP contribution in [-0.2, 0) is 24.0 Å². The van der Waals surface area contributed by atoms with Crippen LogP contribution in [0.1, 0.15) is 37.6 Å². The van der Waals surface area contributed by atoms with Crippen molar-refractivity contribution in [3.8, 4) is 0 Å². The molecule has 9 N–H and O–H groups in total. The molecule has 0 aromatic carbocycles. The van der Waals surface area contributed by atoms with Crippen LogP contribution in [0.3, 0.4) is 0 Å². The molecule has 1 saturated heterocycles. The first-order valence-corrected chi connectivity index (χ1v) is 15.7. The Morgan fingerprint density at radius 3 is 2.60 bits per heavy atom. The number of rotatable bonds is 11. The molecule has 4 heterocycles. The van der Waals surface area contributed by atoms with Crippen molar-refractivity contribution in [2.45, 2.75) is 54.9 Å². The van der Waals surface area contributed by atoms with E-state index in [0.29, 0.717) is 16.5 Å². The summed E-state index contributed by atoms with van der Waals surface area (Å²) in [6.07, 6.45) is 3.18. The van der Waals surface area contributed by atoms with Crippen molar-refractivity contribution in [2.75, 3.05) is 28.7 Å². The number of aromatic nitrogens is 3. The Morgan fingerprint density at radius 1 is 1.28 bits per heavy atom. The van der Waals surface area contributed by atoms with Gasteiger partial charge in [-0.05, 0) is 44.0 Å². The van der Waals surface area contributed by atoms with Gasteiger partial charge in [0, 0.05) is 17.7 Å². The quantitative estimate of drug-likeness (QED) is 0.0468. The van der Waals surface area contributed by atoms with Crippen LogP contribution in [0.2, 0.25) is 0 Å². The predicted molar refractivity (Wildman–Crippen MR) is 158 cm³/mol. The molecule has 0 radical (unpaired) electrons. The standard InChI is InChI=1S/C24H27N9O7S3/c1-24(2,21(38)39)40-31-14(11-6-28-22(27)43-11)17(34)30-15-18(35)33-16(20(36)37)9(7-41-19(15)33)8-42-23-29-12(25)5-13(26)32(23)10-3-4-10/h5-6,10,15,19H,3-4,7-8H2,1-2H3,(H8,25,26,27,28,30,31,34,36,37,38,39)/p+1. The van der Waals surface area contributed by atoms with E-state index in [1.54, 1.807) is 6.07 Å². The van der Waals surface area contributed by atoms with E-state index in [2.05, 4.69) is 20.4 Å². The van der Waals surface area contributed by atoms with Crippen LogP contribution in [0.15, 0.2) is 33.8 Å². The lowest BCUT2D eigenvalue weighted by Crippen LogP contribution is -2.71. The average Bonchev–Trinajstić information content (AvgIpc) is 3.68. The third-order valence-electron chi connectivity index (χ3n) is 6.68. The average molecular weight is 651 g/mol. The molecule has 2 aromatic heterocycles. The van der Waals surface area contributed by atoms with Crippen LogP contribution < -0.4 is 27.1 Å². The molecule has 2 atom stereocenters. The highest BCUT2D eigenvalue weighted by molar-refractivity contribution is 8.01. The normalized spacial score (nSPS) is 20.4. The highest BCUT2D eigenvalue weighted by Crippen LogP contribution is 2.42. The Labute approximate surface area is 256 Å². The van der Waals surface area contributed by atoms with Gasteiger partial charge in [0.05, 0.1) is 17.0 Å². The van der Waals surface area contributed by atoms with Crippen molar-refractivity contribution in [2.24, 2.45) is 5.16 Å². The maximum Gasteiger partial charge on any atom is 0.352 e. The summed E-state index contributed by atoms with van der Waals surface area (Å²) in [5.41, 5.74) is 16.0. The van der Waals surface area contributed by atoms with E-state index in [4.69, 9.17) is 22.0 Å². The summed E-state index contributed by atoms with van der Waals surface area (Å²) in [5, 5.41) is 25.7. The number of thioether (sulfide) groups is 2. The van der Waals surface area contributed by atoms with Gasteiger partial charge < -0.3 is 37.6 Å². The van der Waals surface area contributed by atoms with Crippen molar-refractivity contribution >= 4 is 81.1 Å². The highest BCUT2D eigenvalue weighted by atomic mass is 32.2. The number of hydrogen-bond acceptors (Lipinski definition) is 14. The molecular weight excluding hydrogens is 623 g/mol. The van der Waals surface area contributed by atoms with Gasteiger partial charge in [-0.25, -0.2) is 19.1 Å². The summed E-state index contributed by atoms with van der Waals surface area (Å²) in [6, 6.07) is 0.722. The lowest BCUT2D eigenvalue weighted by atomic mass is 10.0. The number of oxime groups is 1. The number of fused-ring (bicyclic) bond motifs is 1. The predicted octanol–water partition coefficient (Wildman–Crippen LogP) is 0.0219. The fourth-order valence-corrected chi connectivity index (χ4v) is 7.52. The molecule has 19 heteroatoms. The van der Waals surface area contributed by atoms with Crippen LogP contribution in [0.25, 0.3) is 0 Å². The molecular formula is C24H28N9O7S3+. The van der Waals surface area contributed by atoms with Crippen LogP contribution in [-0.4, -0.2) is 83.1 Å². The topological polar surface area (TPSA) is 253 Å². The maximum atomic E-state index is 13.3. The number of nitrogen functional groups attached to an aromatic ring is 3. The number of nitrogens with one attached hydrogen (secondary N) is 1. The number of aliphatic carboxylic acids is 2. The monoisotopic (exact) mass is 650 g/mol. The number of β-lactam (4-membered cyclic amide) rings is 1. The van der Waals surface area contributed by atoms with Gasteiger partial charge in [0.1, 0.15) is 17.1 Å². The third kappa shape index (κ3) is 6.04. The summed E-state index contributed by atoms with van der Waals surface area (Å²) in [6.45, 7) is 2.50. The fourth-order valence-electron chi connectivity index (χ4n) is 4.28. The molecule has 2 aromatic rings. The highest BCUT2D eigenvalue weighted by Gasteiger charge is 2.54. The summed E-state index contributed by atoms with van der Waals surface area (Å²) < 4.78 is 1.89. The smallest absolute Gasteiger partial charge is 0.352 e. The summed E-state index contributed by atoms with van der Waals surface area (Å²) in [7, 11) is 0. The van der Waals surface area contributed by atoms with Gasteiger partial charge in [-0.1, -0.05) is 21.5 Å². The molecule has 1 saturated carbocycles. The number of thiazole rings is 1. The van der Waals surface area contributed by atoms with Crippen LogP contribution >= 0.6 is 34.9 Å². The van der Waals surface area contributed by atoms with Crippen molar-refractivity contribution in [1.29, 1.82) is 0 Å². The zero-order chi connectivity index (χ0) is 31.2. The third-order valence-corrected chi connectivity index (χ3v) is 9.89. The Balaban J connectivity index is 1.34. The van der Waals surface area contributed by atoms with E-state index < -0.39 is 40.8 Å². The van der Waals surface area contributed by atoms with Crippen molar-refractivity contribution < 1.29 is 38.8 Å². The lowest BCUT2D eigenvalue weighted by molar-refractivity contribution is -0.726. The van der Waals surface area contributed by atoms with Crippen LogP contribution in [0.4, 0.5) is 16.8 Å². The number of amides is 2.